The largest absolute Gasteiger partial charge is 0.490 e. The normalized spacial score (nSPS) is 10.2. The molecule has 1 aromatic heterocycles. The zero-order valence-corrected chi connectivity index (χ0v) is 11.5. The van der Waals surface area contributed by atoms with Crippen LogP contribution in [-0.4, -0.2) is 34.4 Å². The predicted molar refractivity (Wildman–Crippen MR) is 72.7 cm³/mol. The van der Waals surface area contributed by atoms with Crippen molar-refractivity contribution in [1.82, 2.24) is 9.78 Å². The van der Waals surface area contributed by atoms with Gasteiger partial charge in [0.1, 0.15) is 0 Å². The number of esters is 1. The Morgan fingerprint density at radius 2 is 2.24 bits per heavy atom. The monoisotopic (exact) mass is 291 g/mol. The van der Waals surface area contributed by atoms with Crippen LogP contribution in [-0.2, 0) is 4.74 Å². The van der Waals surface area contributed by atoms with Crippen LogP contribution in [0.25, 0.3) is 5.69 Å². The SMILES string of the molecule is CCOC(=O)c1cnn(-c2ccc([N+](=O)[O-])c(OC)c2)c1. The van der Waals surface area contributed by atoms with Gasteiger partial charge in [0.05, 0.1) is 36.1 Å². The fraction of sp³-hybridized carbons (Fsp3) is 0.231. The molecule has 0 spiro atoms. The topological polar surface area (TPSA) is 96.5 Å². The Morgan fingerprint density at radius 1 is 1.48 bits per heavy atom. The molecule has 8 nitrogen and oxygen atoms in total. The summed E-state index contributed by atoms with van der Waals surface area (Å²) in [6.07, 6.45) is 2.85. The highest BCUT2D eigenvalue weighted by Crippen LogP contribution is 2.28. The molecule has 0 saturated heterocycles. The third kappa shape index (κ3) is 2.99. The first-order valence-corrected chi connectivity index (χ1v) is 6.11. The van der Waals surface area contributed by atoms with Crippen molar-refractivity contribution in [3.63, 3.8) is 0 Å². The van der Waals surface area contributed by atoms with E-state index < -0.39 is 10.9 Å². The van der Waals surface area contributed by atoms with Crippen molar-refractivity contribution in [3.8, 4) is 11.4 Å². The molecule has 0 unspecified atom stereocenters. The van der Waals surface area contributed by atoms with E-state index in [0.29, 0.717) is 11.3 Å². The van der Waals surface area contributed by atoms with Gasteiger partial charge in [0.25, 0.3) is 0 Å². The lowest BCUT2D eigenvalue weighted by molar-refractivity contribution is -0.385. The van der Waals surface area contributed by atoms with Crippen molar-refractivity contribution in [2.75, 3.05) is 13.7 Å². The minimum absolute atomic E-state index is 0.116. The van der Waals surface area contributed by atoms with E-state index in [0.717, 1.165) is 0 Å². The maximum absolute atomic E-state index is 11.6. The minimum Gasteiger partial charge on any atom is -0.490 e. The molecule has 0 aliphatic heterocycles. The maximum Gasteiger partial charge on any atom is 0.341 e. The molecule has 2 rings (SSSR count). The molecule has 0 aliphatic rings. The Bertz CT molecular complexity index is 680. The van der Waals surface area contributed by atoms with E-state index in [1.165, 1.54) is 42.4 Å². The number of benzene rings is 1. The van der Waals surface area contributed by atoms with E-state index >= 15 is 0 Å². The van der Waals surface area contributed by atoms with Crippen LogP contribution in [0.4, 0.5) is 5.69 Å². The highest BCUT2D eigenvalue weighted by Gasteiger charge is 2.16. The molecule has 2 aromatic rings. The van der Waals surface area contributed by atoms with Crippen LogP contribution in [0.3, 0.4) is 0 Å². The molecule has 110 valence electrons. The van der Waals surface area contributed by atoms with Gasteiger partial charge in [-0.05, 0) is 13.0 Å². The molecular formula is C13H13N3O5. The van der Waals surface area contributed by atoms with Gasteiger partial charge in [0.2, 0.25) is 0 Å². The van der Waals surface area contributed by atoms with Crippen molar-refractivity contribution < 1.29 is 19.2 Å². The zero-order chi connectivity index (χ0) is 15.4. The van der Waals surface area contributed by atoms with Gasteiger partial charge >= 0.3 is 11.7 Å². The lowest BCUT2D eigenvalue weighted by Gasteiger charge is -2.05. The van der Waals surface area contributed by atoms with E-state index in [1.54, 1.807) is 6.92 Å². The second-order valence-electron chi connectivity index (χ2n) is 4.01. The van der Waals surface area contributed by atoms with Crippen LogP contribution in [0.2, 0.25) is 0 Å². The summed E-state index contributed by atoms with van der Waals surface area (Å²) in [6, 6.07) is 4.31. The molecule has 1 heterocycles. The number of carbonyl (C=O) groups excluding carboxylic acids is 1. The summed E-state index contributed by atoms with van der Waals surface area (Å²) in [6.45, 7) is 1.99. The van der Waals surface area contributed by atoms with Crippen LogP contribution < -0.4 is 4.74 Å². The van der Waals surface area contributed by atoms with Crippen LogP contribution in [0.1, 0.15) is 17.3 Å². The minimum atomic E-state index is -0.532. The number of hydrogen-bond acceptors (Lipinski definition) is 6. The second kappa shape index (κ2) is 6.04. The molecule has 0 radical (unpaired) electrons. The fourth-order valence-corrected chi connectivity index (χ4v) is 1.74. The summed E-state index contributed by atoms with van der Waals surface area (Å²) in [5.41, 5.74) is 0.696. The number of methoxy groups -OCH3 is 1. The van der Waals surface area contributed by atoms with Crippen LogP contribution >= 0.6 is 0 Å². The van der Waals surface area contributed by atoms with E-state index in [2.05, 4.69) is 5.10 Å². The molecule has 0 N–H and O–H groups in total. The quantitative estimate of drug-likeness (QED) is 0.474. The number of carbonyl (C=O) groups is 1. The molecule has 0 bridgehead atoms. The molecule has 0 fully saturated rings. The first-order chi connectivity index (χ1) is 10.1. The lowest BCUT2D eigenvalue weighted by atomic mass is 10.2. The Kier molecular flexibility index (Phi) is 4.17. The van der Waals surface area contributed by atoms with Crippen LogP contribution in [0.15, 0.2) is 30.6 Å². The lowest BCUT2D eigenvalue weighted by Crippen LogP contribution is -2.03. The maximum atomic E-state index is 11.6. The van der Waals surface area contributed by atoms with Gasteiger partial charge < -0.3 is 9.47 Å². The van der Waals surface area contributed by atoms with Gasteiger partial charge in [0, 0.05) is 18.3 Å². The first kappa shape index (κ1) is 14.5. The Hall–Kier alpha value is -2.90. The van der Waals surface area contributed by atoms with Crippen molar-refractivity contribution in [1.29, 1.82) is 0 Å². The Morgan fingerprint density at radius 3 is 2.86 bits per heavy atom. The third-order valence-electron chi connectivity index (χ3n) is 2.72. The highest BCUT2D eigenvalue weighted by atomic mass is 16.6. The average molecular weight is 291 g/mol. The van der Waals surface area contributed by atoms with Gasteiger partial charge in [-0.1, -0.05) is 0 Å². The molecule has 0 saturated carbocycles. The number of nitro groups is 1. The molecule has 8 heteroatoms. The van der Waals surface area contributed by atoms with Gasteiger partial charge in [-0.2, -0.15) is 5.10 Å². The van der Waals surface area contributed by atoms with Crippen molar-refractivity contribution >= 4 is 11.7 Å². The zero-order valence-electron chi connectivity index (χ0n) is 11.5. The number of ether oxygens (including phenoxy) is 2. The van der Waals surface area contributed by atoms with E-state index in [-0.39, 0.29) is 18.0 Å². The van der Waals surface area contributed by atoms with Gasteiger partial charge in [-0.15, -0.1) is 0 Å². The summed E-state index contributed by atoms with van der Waals surface area (Å²) in [7, 11) is 1.35. The summed E-state index contributed by atoms with van der Waals surface area (Å²) in [4.78, 5) is 21.9. The third-order valence-corrected chi connectivity index (χ3v) is 2.72. The number of hydrogen-bond donors (Lipinski definition) is 0. The molecule has 0 amide bonds. The standard InChI is InChI=1S/C13H13N3O5/c1-3-21-13(17)9-7-14-15(8-9)10-4-5-11(16(18)19)12(6-10)20-2/h4-8H,3H2,1-2H3. The van der Waals surface area contributed by atoms with E-state index in [9.17, 15) is 14.9 Å². The Balaban J connectivity index is 2.34. The first-order valence-electron chi connectivity index (χ1n) is 6.11. The van der Waals surface area contributed by atoms with Crippen molar-refractivity contribution in [2.45, 2.75) is 6.92 Å². The molecule has 0 aliphatic carbocycles. The molecule has 21 heavy (non-hydrogen) atoms. The smallest absolute Gasteiger partial charge is 0.341 e. The molecular weight excluding hydrogens is 278 g/mol. The fourth-order valence-electron chi connectivity index (χ4n) is 1.74. The molecule has 1 aromatic carbocycles. The van der Waals surface area contributed by atoms with E-state index in [1.807, 2.05) is 0 Å². The Labute approximate surface area is 120 Å². The second-order valence-corrected chi connectivity index (χ2v) is 4.01. The van der Waals surface area contributed by atoms with Crippen molar-refractivity contribution in [2.24, 2.45) is 0 Å². The van der Waals surface area contributed by atoms with Gasteiger partial charge in [-0.25, -0.2) is 9.48 Å². The predicted octanol–water partition coefficient (Wildman–Crippen LogP) is 1.97. The van der Waals surface area contributed by atoms with Gasteiger partial charge in [-0.3, -0.25) is 10.1 Å². The number of rotatable bonds is 5. The summed E-state index contributed by atoms with van der Waals surface area (Å²) in [5, 5.41) is 14.9. The van der Waals surface area contributed by atoms with E-state index in [4.69, 9.17) is 9.47 Å². The van der Waals surface area contributed by atoms with Crippen LogP contribution in [0.5, 0.6) is 5.75 Å². The summed E-state index contributed by atoms with van der Waals surface area (Å²) in [5.74, 6) is -0.358. The highest BCUT2D eigenvalue weighted by molar-refractivity contribution is 5.88. The number of nitro benzene ring substituents is 1. The van der Waals surface area contributed by atoms with Gasteiger partial charge in [0.15, 0.2) is 5.75 Å². The number of aromatic nitrogens is 2. The molecule has 0 atom stereocenters. The van der Waals surface area contributed by atoms with Crippen molar-refractivity contribution in [3.05, 3.63) is 46.3 Å². The summed E-state index contributed by atoms with van der Waals surface area (Å²) >= 11 is 0. The summed E-state index contributed by atoms with van der Waals surface area (Å²) < 4.78 is 11.3. The average Bonchev–Trinajstić information content (AvgIpc) is 2.96. The van der Waals surface area contributed by atoms with Crippen LogP contribution in [0, 0.1) is 10.1 Å². The number of nitrogens with zero attached hydrogens (tertiary/aromatic N) is 3.